The topological polar surface area (TPSA) is 63.8 Å². The Bertz CT molecular complexity index is 354. The van der Waals surface area contributed by atoms with Gasteiger partial charge in [0.05, 0.1) is 5.69 Å². The smallest absolute Gasteiger partial charge is 0.223 e. The van der Waals surface area contributed by atoms with Gasteiger partial charge in [0.2, 0.25) is 5.95 Å². The predicted octanol–water partition coefficient (Wildman–Crippen LogP) is 0.945. The van der Waals surface area contributed by atoms with Gasteiger partial charge in [-0.05, 0) is 19.1 Å². The highest BCUT2D eigenvalue weighted by Crippen LogP contribution is 2.25. The third-order valence-electron chi connectivity index (χ3n) is 2.46. The Morgan fingerprint density at radius 1 is 1.47 bits per heavy atom. The first-order chi connectivity index (χ1) is 7.31. The number of nitrogens with zero attached hydrogens (tertiary/aromatic N) is 2. The van der Waals surface area contributed by atoms with Gasteiger partial charge in [-0.2, -0.15) is 11.8 Å². The van der Waals surface area contributed by atoms with Gasteiger partial charge < -0.3 is 11.1 Å². The van der Waals surface area contributed by atoms with Crippen LogP contribution in [-0.2, 0) is 12.2 Å². The zero-order valence-corrected chi connectivity index (χ0v) is 9.73. The highest BCUT2D eigenvalue weighted by Gasteiger charge is 2.15. The summed E-state index contributed by atoms with van der Waals surface area (Å²) >= 11 is 1.96. The summed E-state index contributed by atoms with van der Waals surface area (Å²) in [5, 5.41) is 3.13. The van der Waals surface area contributed by atoms with Gasteiger partial charge in [0.1, 0.15) is 0 Å². The van der Waals surface area contributed by atoms with Crippen LogP contribution in [0.15, 0.2) is 0 Å². The summed E-state index contributed by atoms with van der Waals surface area (Å²) in [5.41, 5.74) is 9.07. The van der Waals surface area contributed by atoms with E-state index in [0.29, 0.717) is 6.54 Å². The van der Waals surface area contributed by atoms with Crippen molar-refractivity contribution in [2.45, 2.75) is 19.1 Å². The summed E-state index contributed by atoms with van der Waals surface area (Å²) in [7, 11) is 0. The van der Waals surface area contributed by atoms with Crippen molar-refractivity contribution in [3.8, 4) is 0 Å². The fourth-order valence-electron chi connectivity index (χ4n) is 1.66. The number of thioether (sulfide) groups is 1. The Morgan fingerprint density at radius 3 is 3.13 bits per heavy atom. The molecule has 0 amide bonds. The number of aryl methyl sites for hydroxylation is 2. The average molecular weight is 224 g/mol. The highest BCUT2D eigenvalue weighted by molar-refractivity contribution is 7.98. The van der Waals surface area contributed by atoms with Crippen molar-refractivity contribution in [2.24, 2.45) is 5.73 Å². The van der Waals surface area contributed by atoms with E-state index in [-0.39, 0.29) is 0 Å². The first-order valence-electron chi connectivity index (χ1n) is 5.19. The lowest BCUT2D eigenvalue weighted by molar-refractivity contribution is 0.909. The molecular weight excluding hydrogens is 208 g/mol. The van der Waals surface area contributed by atoms with Crippen LogP contribution >= 0.6 is 11.8 Å². The van der Waals surface area contributed by atoms with Crippen molar-refractivity contribution in [1.29, 1.82) is 0 Å². The van der Waals surface area contributed by atoms with Gasteiger partial charge in [-0.3, -0.25) is 0 Å². The van der Waals surface area contributed by atoms with Crippen molar-refractivity contribution in [2.75, 3.05) is 24.2 Å². The molecule has 0 spiro atoms. The summed E-state index contributed by atoms with van der Waals surface area (Å²) in [6, 6.07) is 0. The van der Waals surface area contributed by atoms with Crippen LogP contribution in [0.1, 0.15) is 17.0 Å². The number of nitrogens with one attached hydrogen (secondary N) is 1. The lowest BCUT2D eigenvalue weighted by atomic mass is 10.1. The molecule has 0 unspecified atom stereocenters. The first-order valence-corrected chi connectivity index (χ1v) is 6.35. The van der Waals surface area contributed by atoms with E-state index in [1.807, 2.05) is 11.8 Å². The second-order valence-corrected chi connectivity index (χ2v) is 4.68. The molecule has 15 heavy (non-hydrogen) atoms. The lowest BCUT2D eigenvalue weighted by Gasteiger charge is -2.17. The second-order valence-electron chi connectivity index (χ2n) is 3.58. The molecule has 0 bridgehead atoms. The zero-order valence-electron chi connectivity index (χ0n) is 8.92. The standard InChI is InChI=1S/C10H16N4S/c1-7-8-6-15-5-2-9(8)14-10(13-7)12-4-3-11/h2-6,11H2,1H3,(H,12,13,14). The summed E-state index contributed by atoms with van der Waals surface area (Å²) in [5.74, 6) is 2.95. The van der Waals surface area contributed by atoms with E-state index in [9.17, 15) is 0 Å². The Hall–Kier alpha value is -0.810. The van der Waals surface area contributed by atoms with E-state index in [1.54, 1.807) is 0 Å². The minimum absolute atomic E-state index is 0.606. The molecule has 1 aliphatic rings. The van der Waals surface area contributed by atoms with Crippen LogP contribution < -0.4 is 11.1 Å². The molecule has 82 valence electrons. The molecule has 0 aromatic carbocycles. The minimum Gasteiger partial charge on any atom is -0.353 e. The van der Waals surface area contributed by atoms with E-state index in [4.69, 9.17) is 5.73 Å². The van der Waals surface area contributed by atoms with Crippen LogP contribution in [0.25, 0.3) is 0 Å². The number of aromatic nitrogens is 2. The highest BCUT2D eigenvalue weighted by atomic mass is 32.2. The van der Waals surface area contributed by atoms with E-state index < -0.39 is 0 Å². The van der Waals surface area contributed by atoms with Gasteiger partial charge in [-0.15, -0.1) is 0 Å². The molecule has 0 radical (unpaired) electrons. The zero-order chi connectivity index (χ0) is 10.7. The van der Waals surface area contributed by atoms with E-state index in [2.05, 4.69) is 22.2 Å². The van der Waals surface area contributed by atoms with Crippen molar-refractivity contribution in [1.82, 2.24) is 9.97 Å². The minimum atomic E-state index is 0.606. The number of hydrogen-bond acceptors (Lipinski definition) is 5. The van der Waals surface area contributed by atoms with Gasteiger partial charge in [-0.25, -0.2) is 9.97 Å². The molecule has 0 atom stereocenters. The number of nitrogens with two attached hydrogens (primary N) is 1. The molecular formula is C10H16N4S. The molecule has 2 rings (SSSR count). The molecule has 2 heterocycles. The molecule has 0 aliphatic carbocycles. The first kappa shape index (κ1) is 10.7. The van der Waals surface area contributed by atoms with E-state index in [1.165, 1.54) is 17.0 Å². The van der Waals surface area contributed by atoms with Crippen LogP contribution in [-0.4, -0.2) is 28.8 Å². The van der Waals surface area contributed by atoms with Crippen molar-refractivity contribution < 1.29 is 0 Å². The lowest BCUT2D eigenvalue weighted by Crippen LogP contribution is -2.17. The number of anilines is 1. The molecule has 5 heteroatoms. The van der Waals surface area contributed by atoms with Crippen molar-refractivity contribution >= 4 is 17.7 Å². The van der Waals surface area contributed by atoms with Crippen LogP contribution in [0.4, 0.5) is 5.95 Å². The Labute approximate surface area is 94.1 Å². The summed E-state index contributed by atoms with van der Waals surface area (Å²) in [4.78, 5) is 8.95. The Kier molecular flexibility index (Phi) is 3.43. The fraction of sp³-hybridized carbons (Fsp3) is 0.600. The number of fused-ring (bicyclic) bond motifs is 1. The third kappa shape index (κ3) is 2.41. The van der Waals surface area contributed by atoms with Crippen LogP contribution in [0.3, 0.4) is 0 Å². The maximum Gasteiger partial charge on any atom is 0.223 e. The van der Waals surface area contributed by atoms with Crippen molar-refractivity contribution in [3.63, 3.8) is 0 Å². The Morgan fingerprint density at radius 2 is 2.33 bits per heavy atom. The van der Waals surface area contributed by atoms with Crippen LogP contribution in [0.5, 0.6) is 0 Å². The molecule has 0 saturated heterocycles. The van der Waals surface area contributed by atoms with E-state index >= 15 is 0 Å². The largest absolute Gasteiger partial charge is 0.353 e. The molecule has 0 saturated carbocycles. The average Bonchev–Trinajstić information content (AvgIpc) is 2.26. The summed E-state index contributed by atoms with van der Waals surface area (Å²) in [6.07, 6.45) is 1.06. The third-order valence-corrected chi connectivity index (χ3v) is 3.44. The SMILES string of the molecule is Cc1nc(NCCN)nc2c1CSCC2. The quantitative estimate of drug-likeness (QED) is 0.800. The molecule has 1 aromatic rings. The van der Waals surface area contributed by atoms with Gasteiger partial charge in [-0.1, -0.05) is 0 Å². The molecule has 1 aromatic heterocycles. The summed E-state index contributed by atoms with van der Waals surface area (Å²) in [6.45, 7) is 3.39. The monoisotopic (exact) mass is 224 g/mol. The number of hydrogen-bond donors (Lipinski definition) is 2. The van der Waals surface area contributed by atoms with Crippen LogP contribution in [0.2, 0.25) is 0 Å². The normalized spacial score (nSPS) is 14.8. The van der Waals surface area contributed by atoms with Gasteiger partial charge in [0.25, 0.3) is 0 Å². The maximum atomic E-state index is 5.43. The summed E-state index contributed by atoms with van der Waals surface area (Å²) < 4.78 is 0. The fourth-order valence-corrected chi connectivity index (χ4v) is 2.72. The molecule has 4 nitrogen and oxygen atoms in total. The van der Waals surface area contributed by atoms with E-state index in [0.717, 1.165) is 30.4 Å². The number of rotatable bonds is 3. The molecule has 3 N–H and O–H groups in total. The van der Waals surface area contributed by atoms with Gasteiger partial charge in [0, 0.05) is 30.1 Å². The van der Waals surface area contributed by atoms with Gasteiger partial charge in [0.15, 0.2) is 0 Å². The predicted molar refractivity (Wildman–Crippen MR) is 64.2 cm³/mol. The second kappa shape index (κ2) is 4.81. The van der Waals surface area contributed by atoms with Crippen molar-refractivity contribution in [3.05, 3.63) is 17.0 Å². The molecule has 1 aliphatic heterocycles. The van der Waals surface area contributed by atoms with Gasteiger partial charge >= 0.3 is 0 Å². The Balaban J connectivity index is 2.24. The van der Waals surface area contributed by atoms with Crippen LogP contribution in [0, 0.1) is 6.92 Å². The maximum absolute atomic E-state index is 5.43. The molecule has 0 fully saturated rings.